The minimum Gasteiger partial charge on any atom is -0.388 e. The molecule has 5 heteroatoms. The molecule has 0 saturated carbocycles. The zero-order chi connectivity index (χ0) is 17.9. The third-order valence-corrected chi connectivity index (χ3v) is 3.80. The fraction of sp³-hybridized carbons (Fsp3) is 0.300. The topological polar surface area (TPSA) is 70.2 Å². The van der Waals surface area contributed by atoms with Crippen LogP contribution in [-0.4, -0.2) is 18.9 Å². The van der Waals surface area contributed by atoms with Crippen molar-refractivity contribution in [2.24, 2.45) is 0 Å². The summed E-state index contributed by atoms with van der Waals surface area (Å²) in [6, 6.07) is 17.0. The number of benzene rings is 2. The van der Waals surface area contributed by atoms with Crippen LogP contribution in [0.2, 0.25) is 0 Å². The first-order chi connectivity index (χ1) is 12.2. The van der Waals surface area contributed by atoms with Crippen LogP contribution in [0.5, 0.6) is 0 Å². The summed E-state index contributed by atoms with van der Waals surface area (Å²) in [5.74, 6) is 0.0153. The van der Waals surface area contributed by atoms with E-state index in [2.05, 4.69) is 16.0 Å². The second-order valence-corrected chi connectivity index (χ2v) is 5.85. The zero-order valence-electron chi connectivity index (χ0n) is 14.5. The summed E-state index contributed by atoms with van der Waals surface area (Å²) < 4.78 is 0. The molecule has 2 amide bonds. The van der Waals surface area contributed by atoms with Gasteiger partial charge in [-0.15, -0.1) is 0 Å². The van der Waals surface area contributed by atoms with Crippen LogP contribution in [0.1, 0.15) is 32.1 Å². The number of amides is 2. The third-order valence-electron chi connectivity index (χ3n) is 3.80. The van der Waals surface area contributed by atoms with E-state index in [-0.39, 0.29) is 11.8 Å². The zero-order valence-corrected chi connectivity index (χ0v) is 14.5. The van der Waals surface area contributed by atoms with Crippen molar-refractivity contribution < 1.29 is 9.59 Å². The molecule has 132 valence electrons. The molecule has 25 heavy (non-hydrogen) atoms. The summed E-state index contributed by atoms with van der Waals surface area (Å²) in [5, 5.41) is 8.79. The second kappa shape index (κ2) is 10.1. The molecule has 0 unspecified atom stereocenters. The fourth-order valence-electron chi connectivity index (χ4n) is 2.47. The Hall–Kier alpha value is -2.82. The molecule has 3 N–H and O–H groups in total. The Morgan fingerprint density at radius 2 is 1.28 bits per heavy atom. The fourth-order valence-corrected chi connectivity index (χ4v) is 2.47. The van der Waals surface area contributed by atoms with Gasteiger partial charge in [-0.3, -0.25) is 9.59 Å². The Labute approximate surface area is 148 Å². The van der Waals surface area contributed by atoms with Crippen molar-refractivity contribution in [3.05, 3.63) is 54.6 Å². The van der Waals surface area contributed by atoms with Crippen LogP contribution < -0.4 is 16.0 Å². The molecule has 0 heterocycles. The van der Waals surface area contributed by atoms with Crippen molar-refractivity contribution in [1.82, 2.24) is 0 Å². The monoisotopic (exact) mass is 339 g/mol. The number of hydrogen-bond acceptors (Lipinski definition) is 3. The first kappa shape index (κ1) is 18.5. The predicted molar refractivity (Wildman–Crippen MR) is 103 cm³/mol. The van der Waals surface area contributed by atoms with Gasteiger partial charge in [-0.05, 0) is 43.2 Å². The van der Waals surface area contributed by atoms with Gasteiger partial charge in [-0.1, -0.05) is 30.7 Å². The summed E-state index contributed by atoms with van der Waals surface area (Å²) in [6.45, 7) is 0. The largest absolute Gasteiger partial charge is 0.388 e. The Morgan fingerprint density at radius 1 is 0.720 bits per heavy atom. The average Bonchev–Trinajstić information content (AvgIpc) is 2.62. The molecule has 0 atom stereocenters. The van der Waals surface area contributed by atoms with E-state index in [0.29, 0.717) is 12.8 Å². The van der Waals surface area contributed by atoms with E-state index in [0.717, 1.165) is 36.3 Å². The minimum absolute atomic E-state index is 0.00184. The van der Waals surface area contributed by atoms with Gasteiger partial charge in [0, 0.05) is 37.0 Å². The van der Waals surface area contributed by atoms with Crippen molar-refractivity contribution in [2.45, 2.75) is 32.1 Å². The van der Waals surface area contributed by atoms with Gasteiger partial charge in [0.05, 0.1) is 0 Å². The van der Waals surface area contributed by atoms with E-state index in [1.807, 2.05) is 61.6 Å². The highest BCUT2D eigenvalue weighted by molar-refractivity contribution is 5.91. The lowest BCUT2D eigenvalue weighted by Crippen LogP contribution is -2.12. The Kier molecular flexibility index (Phi) is 7.50. The molecular weight excluding hydrogens is 314 g/mol. The van der Waals surface area contributed by atoms with Gasteiger partial charge in [-0.2, -0.15) is 0 Å². The van der Waals surface area contributed by atoms with Crippen LogP contribution in [0.15, 0.2) is 54.6 Å². The third kappa shape index (κ3) is 7.08. The molecule has 0 spiro atoms. The van der Waals surface area contributed by atoms with Gasteiger partial charge >= 0.3 is 0 Å². The normalized spacial score (nSPS) is 10.1. The Balaban J connectivity index is 1.59. The van der Waals surface area contributed by atoms with Crippen LogP contribution in [0.4, 0.5) is 17.1 Å². The Bertz CT molecular complexity index is 686. The van der Waals surface area contributed by atoms with Crippen molar-refractivity contribution in [1.29, 1.82) is 0 Å². The van der Waals surface area contributed by atoms with E-state index in [9.17, 15) is 9.59 Å². The van der Waals surface area contributed by atoms with Crippen LogP contribution in [0, 0.1) is 0 Å². The summed E-state index contributed by atoms with van der Waals surface area (Å²) in [6.07, 6.45) is 3.34. The molecule has 0 aliphatic heterocycles. The lowest BCUT2D eigenvalue weighted by atomic mass is 10.1. The molecule has 0 aliphatic rings. The molecule has 5 nitrogen and oxygen atoms in total. The van der Waals surface area contributed by atoms with Crippen LogP contribution in [0.25, 0.3) is 0 Å². The summed E-state index contributed by atoms with van der Waals surface area (Å²) >= 11 is 0. The van der Waals surface area contributed by atoms with E-state index >= 15 is 0 Å². The van der Waals surface area contributed by atoms with Crippen LogP contribution in [-0.2, 0) is 9.59 Å². The van der Waals surface area contributed by atoms with E-state index in [1.54, 1.807) is 0 Å². The smallest absolute Gasteiger partial charge is 0.224 e. The first-order valence-corrected chi connectivity index (χ1v) is 8.60. The number of anilines is 3. The number of carbonyl (C=O) groups is 2. The van der Waals surface area contributed by atoms with Gasteiger partial charge < -0.3 is 16.0 Å². The van der Waals surface area contributed by atoms with Gasteiger partial charge in [-0.25, -0.2) is 0 Å². The molecule has 0 aromatic heterocycles. The van der Waals surface area contributed by atoms with Gasteiger partial charge in [0.25, 0.3) is 0 Å². The molecule has 2 rings (SSSR count). The maximum Gasteiger partial charge on any atom is 0.224 e. The maximum atomic E-state index is 11.9. The van der Waals surface area contributed by atoms with Crippen molar-refractivity contribution >= 4 is 28.9 Å². The highest BCUT2D eigenvalue weighted by Gasteiger charge is 2.05. The first-order valence-electron chi connectivity index (χ1n) is 8.60. The van der Waals surface area contributed by atoms with E-state index in [1.165, 1.54) is 0 Å². The van der Waals surface area contributed by atoms with E-state index in [4.69, 9.17) is 0 Å². The van der Waals surface area contributed by atoms with Crippen molar-refractivity contribution in [2.75, 3.05) is 23.0 Å². The highest BCUT2D eigenvalue weighted by Crippen LogP contribution is 2.15. The summed E-state index contributed by atoms with van der Waals surface area (Å²) in [4.78, 5) is 23.8. The molecule has 0 bridgehead atoms. The summed E-state index contributed by atoms with van der Waals surface area (Å²) in [5.41, 5.74) is 2.57. The quantitative estimate of drug-likeness (QED) is 0.598. The van der Waals surface area contributed by atoms with Crippen molar-refractivity contribution in [3.63, 3.8) is 0 Å². The lowest BCUT2D eigenvalue weighted by Gasteiger charge is -2.07. The molecule has 0 aliphatic carbocycles. The average molecular weight is 339 g/mol. The lowest BCUT2D eigenvalue weighted by molar-refractivity contribution is -0.116. The van der Waals surface area contributed by atoms with Crippen LogP contribution >= 0.6 is 0 Å². The number of nitrogens with one attached hydrogen (secondary N) is 3. The molecule has 0 radical (unpaired) electrons. The number of carbonyl (C=O) groups excluding carboxylic acids is 2. The van der Waals surface area contributed by atoms with Gasteiger partial charge in [0.1, 0.15) is 0 Å². The number of unbranched alkanes of at least 4 members (excludes halogenated alkanes) is 2. The Morgan fingerprint density at radius 3 is 1.92 bits per heavy atom. The van der Waals surface area contributed by atoms with Gasteiger partial charge in [0.15, 0.2) is 0 Å². The van der Waals surface area contributed by atoms with Crippen LogP contribution in [0.3, 0.4) is 0 Å². The summed E-state index contributed by atoms with van der Waals surface area (Å²) in [7, 11) is 1.84. The second-order valence-electron chi connectivity index (χ2n) is 5.85. The molecule has 2 aromatic rings. The van der Waals surface area contributed by atoms with E-state index < -0.39 is 0 Å². The standard InChI is InChI=1S/C20H25N3O2/c1-21-17-11-8-12-18(15-17)23-20(25)14-7-3-6-13-19(24)22-16-9-4-2-5-10-16/h2,4-5,8-12,15,21H,3,6-7,13-14H2,1H3,(H,22,24)(H,23,25). The molecule has 0 saturated heterocycles. The number of hydrogen-bond donors (Lipinski definition) is 3. The minimum atomic E-state index is 0.00184. The van der Waals surface area contributed by atoms with Gasteiger partial charge in [0.2, 0.25) is 11.8 Å². The molecule has 0 fully saturated rings. The van der Waals surface area contributed by atoms with Crippen molar-refractivity contribution in [3.8, 4) is 0 Å². The maximum absolute atomic E-state index is 11.9. The highest BCUT2D eigenvalue weighted by atomic mass is 16.2. The predicted octanol–water partition coefficient (Wildman–Crippen LogP) is 4.26. The number of para-hydroxylation sites is 1. The molecule has 2 aromatic carbocycles. The molecular formula is C20H25N3O2. The number of rotatable bonds is 9. The SMILES string of the molecule is CNc1cccc(NC(=O)CCCCCC(=O)Nc2ccccc2)c1.